The SMILES string of the molecule is CC.CC.Cc1cnc(-c2ccc(C(=O)Oc3ccc(C4CCC(C)CC4)cc3)cc2)nc1. The summed E-state index contributed by atoms with van der Waals surface area (Å²) < 4.78 is 5.55. The van der Waals surface area contributed by atoms with E-state index in [1.165, 1.54) is 31.2 Å². The smallest absolute Gasteiger partial charge is 0.343 e. The fraction of sp³-hybridized carbons (Fsp3) is 0.414. The number of rotatable bonds is 4. The summed E-state index contributed by atoms with van der Waals surface area (Å²) in [6.07, 6.45) is 8.65. The van der Waals surface area contributed by atoms with Crippen molar-refractivity contribution >= 4 is 5.97 Å². The summed E-state index contributed by atoms with van der Waals surface area (Å²) in [5, 5.41) is 0. The summed E-state index contributed by atoms with van der Waals surface area (Å²) in [4.78, 5) is 21.1. The highest BCUT2D eigenvalue weighted by Gasteiger charge is 2.19. The zero-order valence-corrected chi connectivity index (χ0v) is 21.0. The van der Waals surface area contributed by atoms with Gasteiger partial charge in [0.1, 0.15) is 5.75 Å². The monoisotopic (exact) mass is 446 g/mol. The summed E-state index contributed by atoms with van der Waals surface area (Å²) in [5.41, 5.74) is 3.73. The molecule has 0 atom stereocenters. The summed E-state index contributed by atoms with van der Waals surface area (Å²) in [7, 11) is 0. The lowest BCUT2D eigenvalue weighted by molar-refractivity contribution is 0.0734. The molecule has 1 aromatic heterocycles. The van der Waals surface area contributed by atoms with Gasteiger partial charge < -0.3 is 4.74 Å². The van der Waals surface area contributed by atoms with Crippen LogP contribution in [0.1, 0.15) is 87.7 Å². The van der Waals surface area contributed by atoms with Crippen LogP contribution in [0, 0.1) is 12.8 Å². The molecule has 33 heavy (non-hydrogen) atoms. The molecule has 0 amide bonds. The minimum absolute atomic E-state index is 0.361. The van der Waals surface area contributed by atoms with Crippen LogP contribution in [0.5, 0.6) is 5.75 Å². The quantitative estimate of drug-likeness (QED) is 0.301. The number of nitrogens with zero attached hydrogens (tertiary/aromatic N) is 2. The molecule has 0 saturated heterocycles. The molecule has 1 aliphatic carbocycles. The Morgan fingerprint density at radius 1 is 0.818 bits per heavy atom. The van der Waals surface area contributed by atoms with Gasteiger partial charge in [-0.05, 0) is 67.0 Å². The van der Waals surface area contributed by atoms with Crippen molar-refractivity contribution < 1.29 is 9.53 Å². The zero-order chi connectivity index (χ0) is 24.2. The highest BCUT2D eigenvalue weighted by atomic mass is 16.5. The summed E-state index contributed by atoms with van der Waals surface area (Å²) in [6, 6.07) is 15.2. The summed E-state index contributed by atoms with van der Waals surface area (Å²) in [6.45, 7) is 12.3. The predicted octanol–water partition coefficient (Wildman–Crippen LogP) is 8.02. The van der Waals surface area contributed by atoms with Gasteiger partial charge in [-0.2, -0.15) is 0 Å². The van der Waals surface area contributed by atoms with Crippen LogP contribution in [0.25, 0.3) is 11.4 Å². The number of ether oxygens (including phenoxy) is 1. The first kappa shape index (κ1) is 26.2. The number of carbonyl (C=O) groups excluding carboxylic acids is 1. The van der Waals surface area contributed by atoms with Gasteiger partial charge in [0.15, 0.2) is 5.82 Å². The van der Waals surface area contributed by atoms with Crippen LogP contribution in [0.3, 0.4) is 0 Å². The van der Waals surface area contributed by atoms with Crippen molar-refractivity contribution in [3.8, 4) is 17.1 Å². The Labute approximate surface area is 199 Å². The topological polar surface area (TPSA) is 52.1 Å². The maximum atomic E-state index is 12.5. The van der Waals surface area contributed by atoms with Crippen molar-refractivity contribution in [3.05, 3.63) is 77.6 Å². The van der Waals surface area contributed by atoms with Crippen LogP contribution in [0.15, 0.2) is 60.9 Å². The van der Waals surface area contributed by atoms with Crippen LogP contribution in [0.2, 0.25) is 0 Å². The highest BCUT2D eigenvalue weighted by molar-refractivity contribution is 5.91. The van der Waals surface area contributed by atoms with Crippen LogP contribution in [0.4, 0.5) is 0 Å². The van der Waals surface area contributed by atoms with E-state index in [4.69, 9.17) is 4.74 Å². The van der Waals surface area contributed by atoms with Crippen molar-refractivity contribution in [2.24, 2.45) is 5.92 Å². The number of aryl methyl sites for hydroxylation is 1. The second kappa shape index (κ2) is 13.5. The van der Waals surface area contributed by atoms with Gasteiger partial charge in [-0.25, -0.2) is 14.8 Å². The minimum atomic E-state index is -0.361. The number of hydrogen-bond donors (Lipinski definition) is 0. The van der Waals surface area contributed by atoms with Crippen molar-refractivity contribution in [2.75, 3.05) is 0 Å². The van der Waals surface area contributed by atoms with Gasteiger partial charge in [0.05, 0.1) is 5.56 Å². The molecular formula is C29H38N2O2. The first-order valence-corrected chi connectivity index (χ1v) is 12.3. The van der Waals surface area contributed by atoms with Gasteiger partial charge in [0, 0.05) is 18.0 Å². The first-order chi connectivity index (χ1) is 16.1. The van der Waals surface area contributed by atoms with E-state index >= 15 is 0 Å². The van der Waals surface area contributed by atoms with E-state index in [0.29, 0.717) is 23.1 Å². The lowest BCUT2D eigenvalue weighted by Gasteiger charge is -2.26. The van der Waals surface area contributed by atoms with E-state index in [-0.39, 0.29) is 5.97 Å². The van der Waals surface area contributed by atoms with Crippen molar-refractivity contribution in [1.82, 2.24) is 9.97 Å². The lowest BCUT2D eigenvalue weighted by Crippen LogP contribution is -2.11. The minimum Gasteiger partial charge on any atom is -0.423 e. The number of hydrogen-bond acceptors (Lipinski definition) is 4. The number of benzene rings is 2. The van der Waals surface area contributed by atoms with Gasteiger partial charge in [0.25, 0.3) is 0 Å². The van der Waals surface area contributed by atoms with E-state index in [1.54, 1.807) is 24.5 Å². The molecule has 3 aromatic rings. The molecule has 4 heteroatoms. The lowest BCUT2D eigenvalue weighted by atomic mass is 9.79. The molecule has 0 N–H and O–H groups in total. The van der Waals surface area contributed by atoms with Gasteiger partial charge in [-0.1, -0.05) is 71.7 Å². The predicted molar refractivity (Wildman–Crippen MR) is 137 cm³/mol. The Kier molecular flexibility index (Phi) is 10.8. The zero-order valence-electron chi connectivity index (χ0n) is 21.0. The summed E-state index contributed by atoms with van der Waals surface area (Å²) in [5.74, 6) is 2.33. The number of aromatic nitrogens is 2. The highest BCUT2D eigenvalue weighted by Crippen LogP contribution is 2.36. The molecule has 0 spiro atoms. The Morgan fingerprint density at radius 2 is 1.36 bits per heavy atom. The molecule has 176 valence electrons. The standard InChI is InChI=1S/C25H26N2O2.2C2H6/c1-17-3-5-19(6-4-17)20-11-13-23(14-12-20)29-25(28)22-9-7-21(8-10-22)24-26-15-18(2)16-27-24;2*1-2/h7-17,19H,3-6H2,1-2H3;2*1-2H3. The molecule has 1 heterocycles. The third-order valence-electron chi connectivity index (χ3n) is 5.74. The molecule has 2 aromatic carbocycles. The molecule has 0 aliphatic heterocycles. The summed E-state index contributed by atoms with van der Waals surface area (Å²) >= 11 is 0. The molecule has 4 nitrogen and oxygen atoms in total. The van der Waals surface area contributed by atoms with E-state index in [0.717, 1.165) is 17.0 Å². The van der Waals surface area contributed by atoms with Crippen molar-refractivity contribution in [2.45, 2.75) is 73.1 Å². The molecule has 0 radical (unpaired) electrons. The Balaban J connectivity index is 0.000000914. The normalized spacial score (nSPS) is 17.0. The van der Waals surface area contributed by atoms with Crippen LogP contribution >= 0.6 is 0 Å². The average Bonchev–Trinajstić information content (AvgIpc) is 2.88. The van der Waals surface area contributed by atoms with Gasteiger partial charge in [-0.15, -0.1) is 0 Å². The molecule has 1 saturated carbocycles. The Hall–Kier alpha value is -3.01. The van der Waals surface area contributed by atoms with E-state index in [1.807, 2.05) is 58.9 Å². The molecule has 0 bridgehead atoms. The number of esters is 1. The third kappa shape index (κ3) is 7.52. The van der Waals surface area contributed by atoms with Gasteiger partial charge >= 0.3 is 5.97 Å². The molecular weight excluding hydrogens is 408 g/mol. The average molecular weight is 447 g/mol. The molecule has 1 aliphatic rings. The molecule has 0 unspecified atom stereocenters. The first-order valence-electron chi connectivity index (χ1n) is 12.3. The molecule has 4 rings (SSSR count). The van der Waals surface area contributed by atoms with E-state index < -0.39 is 0 Å². The Bertz CT molecular complexity index is 956. The number of carbonyl (C=O) groups is 1. The van der Waals surface area contributed by atoms with Crippen LogP contribution in [-0.2, 0) is 0 Å². The van der Waals surface area contributed by atoms with Gasteiger partial charge in [0.2, 0.25) is 0 Å². The van der Waals surface area contributed by atoms with E-state index in [9.17, 15) is 4.79 Å². The van der Waals surface area contributed by atoms with Gasteiger partial charge in [-0.3, -0.25) is 0 Å². The largest absolute Gasteiger partial charge is 0.423 e. The maximum absolute atomic E-state index is 12.5. The van der Waals surface area contributed by atoms with Crippen LogP contribution in [-0.4, -0.2) is 15.9 Å². The fourth-order valence-electron chi connectivity index (χ4n) is 3.86. The fourth-order valence-corrected chi connectivity index (χ4v) is 3.86. The second-order valence-electron chi connectivity index (χ2n) is 8.08. The maximum Gasteiger partial charge on any atom is 0.343 e. The van der Waals surface area contributed by atoms with Crippen molar-refractivity contribution in [1.29, 1.82) is 0 Å². The van der Waals surface area contributed by atoms with Crippen LogP contribution < -0.4 is 4.74 Å². The van der Waals surface area contributed by atoms with Crippen molar-refractivity contribution in [3.63, 3.8) is 0 Å². The third-order valence-corrected chi connectivity index (χ3v) is 5.74. The van der Waals surface area contributed by atoms with E-state index in [2.05, 4.69) is 29.0 Å². The molecule has 1 fully saturated rings. The Morgan fingerprint density at radius 3 is 1.91 bits per heavy atom. The second-order valence-corrected chi connectivity index (χ2v) is 8.08.